The number of halogens is 1. The molecule has 1 aliphatic heterocycles. The monoisotopic (exact) mass is 292 g/mol. The second-order valence-electron chi connectivity index (χ2n) is 6.30. The third-order valence-electron chi connectivity index (χ3n) is 4.71. The quantitative estimate of drug-likeness (QED) is 0.882. The highest BCUT2D eigenvalue weighted by atomic mass is 35.5. The lowest BCUT2D eigenvalue weighted by atomic mass is 10.0. The minimum absolute atomic E-state index is 0.489. The van der Waals surface area contributed by atoms with Crippen LogP contribution in [0.3, 0.4) is 0 Å². The Morgan fingerprint density at radius 2 is 1.95 bits per heavy atom. The smallest absolute Gasteiger partial charge is 0.0406 e. The second-order valence-corrected chi connectivity index (χ2v) is 6.74. The third kappa shape index (κ3) is 3.55. The summed E-state index contributed by atoms with van der Waals surface area (Å²) in [7, 11) is 0. The molecular weight excluding hydrogens is 268 g/mol. The molecule has 0 radical (unpaired) electrons. The molecule has 0 aromatic heterocycles. The molecule has 1 N–H and O–H groups in total. The Balaban J connectivity index is 1.67. The zero-order chi connectivity index (χ0) is 13.9. The molecule has 0 spiro atoms. The molecule has 0 amide bonds. The minimum atomic E-state index is 0.489. The van der Waals surface area contributed by atoms with Gasteiger partial charge in [0, 0.05) is 29.7 Å². The summed E-state index contributed by atoms with van der Waals surface area (Å²) >= 11 is 6.00. The molecule has 2 nitrogen and oxygen atoms in total. The van der Waals surface area contributed by atoms with Gasteiger partial charge in [-0.15, -0.1) is 0 Å². The van der Waals surface area contributed by atoms with Gasteiger partial charge in [0.2, 0.25) is 0 Å². The molecule has 20 heavy (non-hydrogen) atoms. The summed E-state index contributed by atoms with van der Waals surface area (Å²) in [6.45, 7) is 4.72. The van der Waals surface area contributed by atoms with E-state index in [1.165, 1.54) is 50.8 Å². The molecule has 1 aromatic carbocycles. The number of hydrogen-bond acceptors (Lipinski definition) is 2. The van der Waals surface area contributed by atoms with Gasteiger partial charge in [0.25, 0.3) is 0 Å². The van der Waals surface area contributed by atoms with Gasteiger partial charge in [-0.25, -0.2) is 0 Å². The second kappa shape index (κ2) is 6.46. The lowest BCUT2D eigenvalue weighted by Gasteiger charge is -2.35. The first-order valence-electron chi connectivity index (χ1n) is 7.98. The molecule has 2 fully saturated rings. The highest BCUT2D eigenvalue weighted by Gasteiger charge is 2.34. The molecule has 3 heteroatoms. The van der Waals surface area contributed by atoms with Crippen LogP contribution in [0.4, 0.5) is 0 Å². The lowest BCUT2D eigenvalue weighted by Crippen LogP contribution is -2.45. The average Bonchev–Trinajstić information content (AvgIpc) is 3.30. The summed E-state index contributed by atoms with van der Waals surface area (Å²) < 4.78 is 0. The summed E-state index contributed by atoms with van der Waals surface area (Å²) in [4.78, 5) is 2.70. The third-order valence-corrected chi connectivity index (χ3v) is 4.96. The van der Waals surface area contributed by atoms with E-state index in [1.54, 1.807) is 0 Å². The van der Waals surface area contributed by atoms with Crippen molar-refractivity contribution in [1.29, 1.82) is 0 Å². The highest BCUT2D eigenvalue weighted by molar-refractivity contribution is 6.30. The fraction of sp³-hybridized carbons (Fsp3) is 0.647. The fourth-order valence-electron chi connectivity index (χ4n) is 3.30. The Labute approximate surface area is 127 Å². The summed E-state index contributed by atoms with van der Waals surface area (Å²) in [6, 6.07) is 10.3. The van der Waals surface area contributed by atoms with E-state index >= 15 is 0 Å². The van der Waals surface area contributed by atoms with E-state index in [1.807, 2.05) is 12.1 Å². The molecule has 2 aliphatic rings. The van der Waals surface area contributed by atoms with Gasteiger partial charge >= 0.3 is 0 Å². The van der Waals surface area contributed by atoms with Crippen molar-refractivity contribution in [2.45, 2.75) is 57.2 Å². The molecule has 2 unspecified atom stereocenters. The molecule has 1 aliphatic carbocycles. The van der Waals surface area contributed by atoms with E-state index in [0.717, 1.165) is 11.1 Å². The van der Waals surface area contributed by atoms with E-state index in [9.17, 15) is 0 Å². The molecule has 1 saturated heterocycles. The van der Waals surface area contributed by atoms with E-state index < -0.39 is 0 Å². The largest absolute Gasteiger partial charge is 0.313 e. The van der Waals surface area contributed by atoms with Crippen LogP contribution in [-0.4, -0.2) is 30.1 Å². The van der Waals surface area contributed by atoms with Crippen molar-refractivity contribution >= 4 is 11.6 Å². The number of hydrogen-bond donors (Lipinski definition) is 1. The maximum atomic E-state index is 6.00. The fourth-order valence-corrected chi connectivity index (χ4v) is 3.42. The molecule has 1 saturated carbocycles. The standard InChI is InChI=1S/C17H25ClN2/c1-13(14-5-7-15(18)8-6-14)20(17-9-10-17)12-16-4-2-3-11-19-16/h5-8,13,16-17,19H,2-4,9-12H2,1H3. The van der Waals surface area contributed by atoms with Crippen molar-refractivity contribution in [2.24, 2.45) is 0 Å². The lowest BCUT2D eigenvalue weighted by molar-refractivity contribution is 0.167. The summed E-state index contributed by atoms with van der Waals surface area (Å²) in [5.74, 6) is 0. The van der Waals surface area contributed by atoms with Crippen molar-refractivity contribution in [3.8, 4) is 0 Å². The number of benzene rings is 1. The number of rotatable bonds is 5. The van der Waals surface area contributed by atoms with E-state index in [0.29, 0.717) is 12.1 Å². The van der Waals surface area contributed by atoms with Crippen molar-refractivity contribution in [3.63, 3.8) is 0 Å². The first kappa shape index (κ1) is 14.4. The van der Waals surface area contributed by atoms with Crippen molar-refractivity contribution < 1.29 is 0 Å². The van der Waals surface area contributed by atoms with Crippen LogP contribution in [0.1, 0.15) is 50.6 Å². The van der Waals surface area contributed by atoms with Crippen molar-refractivity contribution in [2.75, 3.05) is 13.1 Å². The van der Waals surface area contributed by atoms with Crippen LogP contribution in [0, 0.1) is 0 Å². The number of nitrogens with zero attached hydrogens (tertiary/aromatic N) is 1. The molecule has 2 atom stereocenters. The molecule has 1 heterocycles. The zero-order valence-electron chi connectivity index (χ0n) is 12.3. The maximum Gasteiger partial charge on any atom is 0.0406 e. The molecule has 1 aromatic rings. The Morgan fingerprint density at radius 3 is 2.55 bits per heavy atom. The Hall–Kier alpha value is -0.570. The number of nitrogens with one attached hydrogen (secondary N) is 1. The zero-order valence-corrected chi connectivity index (χ0v) is 13.1. The highest BCUT2D eigenvalue weighted by Crippen LogP contribution is 2.35. The first-order chi connectivity index (χ1) is 9.74. The van der Waals surface area contributed by atoms with Gasteiger partial charge < -0.3 is 5.32 Å². The summed E-state index contributed by atoms with van der Waals surface area (Å²) in [6.07, 6.45) is 6.78. The van der Waals surface area contributed by atoms with Gasteiger partial charge in [-0.3, -0.25) is 4.90 Å². The van der Waals surface area contributed by atoms with Crippen LogP contribution < -0.4 is 5.32 Å². The predicted octanol–water partition coefficient (Wildman–Crippen LogP) is 4.01. The molecular formula is C17H25ClN2. The predicted molar refractivity (Wildman–Crippen MR) is 85.2 cm³/mol. The van der Waals surface area contributed by atoms with Gasteiger partial charge in [0.15, 0.2) is 0 Å². The van der Waals surface area contributed by atoms with Gasteiger partial charge in [0.1, 0.15) is 0 Å². The van der Waals surface area contributed by atoms with Gasteiger partial charge in [0.05, 0.1) is 0 Å². The van der Waals surface area contributed by atoms with Crippen molar-refractivity contribution in [1.82, 2.24) is 10.2 Å². The van der Waals surface area contributed by atoms with E-state index in [4.69, 9.17) is 11.6 Å². The van der Waals surface area contributed by atoms with E-state index in [-0.39, 0.29) is 0 Å². The van der Waals surface area contributed by atoms with Crippen LogP contribution in [0.15, 0.2) is 24.3 Å². The summed E-state index contributed by atoms with van der Waals surface area (Å²) in [5.41, 5.74) is 1.39. The van der Waals surface area contributed by atoms with Crippen LogP contribution in [0.5, 0.6) is 0 Å². The Morgan fingerprint density at radius 1 is 1.20 bits per heavy atom. The minimum Gasteiger partial charge on any atom is -0.313 e. The first-order valence-corrected chi connectivity index (χ1v) is 8.36. The normalized spacial score (nSPS) is 24.9. The van der Waals surface area contributed by atoms with Gasteiger partial charge in [-0.05, 0) is 56.8 Å². The van der Waals surface area contributed by atoms with Crippen LogP contribution >= 0.6 is 11.6 Å². The Bertz CT molecular complexity index is 421. The van der Waals surface area contributed by atoms with Crippen LogP contribution in [0.2, 0.25) is 5.02 Å². The average molecular weight is 293 g/mol. The topological polar surface area (TPSA) is 15.3 Å². The molecule has 3 rings (SSSR count). The summed E-state index contributed by atoms with van der Waals surface area (Å²) in [5, 5.41) is 4.51. The van der Waals surface area contributed by atoms with Gasteiger partial charge in [-0.1, -0.05) is 30.2 Å². The van der Waals surface area contributed by atoms with Crippen molar-refractivity contribution in [3.05, 3.63) is 34.9 Å². The Kier molecular flexibility index (Phi) is 4.65. The van der Waals surface area contributed by atoms with Crippen LogP contribution in [-0.2, 0) is 0 Å². The van der Waals surface area contributed by atoms with E-state index in [2.05, 4.69) is 29.3 Å². The molecule has 0 bridgehead atoms. The molecule has 110 valence electrons. The maximum absolute atomic E-state index is 6.00. The SMILES string of the molecule is CC(c1ccc(Cl)cc1)N(CC1CCCCN1)C1CC1. The number of piperidine rings is 1. The van der Waals surface area contributed by atoms with Crippen LogP contribution in [0.25, 0.3) is 0 Å². The van der Waals surface area contributed by atoms with Gasteiger partial charge in [-0.2, -0.15) is 0 Å².